The van der Waals surface area contributed by atoms with Gasteiger partial charge >= 0.3 is 0 Å². The largest absolute Gasteiger partial charge is 0.388 e. The third-order valence-corrected chi connectivity index (χ3v) is 3.96. The first-order valence-electron chi connectivity index (χ1n) is 5.78. The Kier molecular flexibility index (Phi) is 3.74. The molecule has 1 aromatic rings. The molecule has 0 saturated heterocycles. The highest BCUT2D eigenvalue weighted by Crippen LogP contribution is 2.30. The summed E-state index contributed by atoms with van der Waals surface area (Å²) >= 11 is 1.65. The molecule has 0 radical (unpaired) electrons. The number of amides is 1. The first-order chi connectivity index (χ1) is 8.13. The lowest BCUT2D eigenvalue weighted by molar-refractivity contribution is -0.0300. The van der Waals surface area contributed by atoms with E-state index in [-0.39, 0.29) is 5.91 Å². The summed E-state index contributed by atoms with van der Waals surface area (Å²) in [6.07, 6.45) is 4.63. The molecule has 0 unspecified atom stereocenters. The highest BCUT2D eigenvalue weighted by molar-refractivity contribution is 7.98. The van der Waals surface area contributed by atoms with E-state index in [1.807, 2.05) is 30.5 Å². The van der Waals surface area contributed by atoms with Gasteiger partial charge in [0.1, 0.15) is 0 Å². The standard InChI is InChI=1S/C13H17NO2S/c1-17-11-5-3-10(4-6-11)12(15)14-9-13(16)7-2-8-13/h3-6,16H,2,7-9H2,1H3,(H,14,15). The topological polar surface area (TPSA) is 49.3 Å². The lowest BCUT2D eigenvalue weighted by Crippen LogP contribution is -2.47. The number of hydrogen-bond donors (Lipinski definition) is 2. The predicted molar refractivity (Wildman–Crippen MR) is 69.4 cm³/mol. The monoisotopic (exact) mass is 251 g/mol. The fourth-order valence-corrected chi connectivity index (χ4v) is 2.26. The molecule has 17 heavy (non-hydrogen) atoms. The summed E-state index contributed by atoms with van der Waals surface area (Å²) in [6.45, 7) is 0.357. The average molecular weight is 251 g/mol. The highest BCUT2D eigenvalue weighted by Gasteiger charge is 2.34. The number of benzene rings is 1. The van der Waals surface area contributed by atoms with Crippen LogP contribution >= 0.6 is 11.8 Å². The fourth-order valence-electron chi connectivity index (χ4n) is 1.85. The number of hydrogen-bond acceptors (Lipinski definition) is 3. The molecular weight excluding hydrogens is 234 g/mol. The Morgan fingerprint density at radius 2 is 2.06 bits per heavy atom. The molecule has 4 heteroatoms. The lowest BCUT2D eigenvalue weighted by Gasteiger charge is -2.36. The van der Waals surface area contributed by atoms with E-state index in [2.05, 4.69) is 5.32 Å². The third kappa shape index (κ3) is 3.01. The van der Waals surface area contributed by atoms with E-state index >= 15 is 0 Å². The van der Waals surface area contributed by atoms with E-state index in [0.717, 1.165) is 24.2 Å². The molecule has 1 aliphatic carbocycles. The van der Waals surface area contributed by atoms with Crippen molar-refractivity contribution in [1.82, 2.24) is 5.32 Å². The predicted octanol–water partition coefficient (Wildman–Crippen LogP) is 2.05. The van der Waals surface area contributed by atoms with Crippen LogP contribution in [0.1, 0.15) is 29.6 Å². The fraction of sp³-hybridized carbons (Fsp3) is 0.462. The zero-order valence-corrected chi connectivity index (χ0v) is 10.7. The summed E-state index contributed by atoms with van der Waals surface area (Å²) < 4.78 is 0. The second-order valence-electron chi connectivity index (χ2n) is 4.49. The Balaban J connectivity index is 1.90. The van der Waals surface area contributed by atoms with Crippen molar-refractivity contribution in [3.05, 3.63) is 29.8 Å². The van der Waals surface area contributed by atoms with Gasteiger partial charge in [-0.25, -0.2) is 0 Å². The molecule has 92 valence electrons. The van der Waals surface area contributed by atoms with Crippen LogP contribution in [0.4, 0.5) is 0 Å². The maximum absolute atomic E-state index is 11.8. The van der Waals surface area contributed by atoms with Crippen LogP contribution < -0.4 is 5.32 Å². The Morgan fingerprint density at radius 1 is 1.41 bits per heavy atom. The smallest absolute Gasteiger partial charge is 0.251 e. The van der Waals surface area contributed by atoms with Crippen LogP contribution in [0.15, 0.2) is 29.2 Å². The van der Waals surface area contributed by atoms with Crippen molar-refractivity contribution in [1.29, 1.82) is 0 Å². The van der Waals surface area contributed by atoms with Crippen molar-refractivity contribution < 1.29 is 9.90 Å². The van der Waals surface area contributed by atoms with Gasteiger partial charge in [-0.15, -0.1) is 11.8 Å². The van der Waals surface area contributed by atoms with Crippen molar-refractivity contribution in [3.63, 3.8) is 0 Å². The maximum atomic E-state index is 11.8. The number of carbonyl (C=O) groups excluding carboxylic acids is 1. The van der Waals surface area contributed by atoms with Gasteiger partial charge in [0.05, 0.1) is 5.60 Å². The molecule has 0 aliphatic heterocycles. The minimum atomic E-state index is -0.658. The van der Waals surface area contributed by atoms with E-state index in [1.54, 1.807) is 11.8 Å². The Morgan fingerprint density at radius 3 is 2.53 bits per heavy atom. The molecule has 0 spiro atoms. The van der Waals surface area contributed by atoms with Crippen molar-refractivity contribution in [2.24, 2.45) is 0 Å². The van der Waals surface area contributed by atoms with Gasteiger partial charge in [0.2, 0.25) is 0 Å². The summed E-state index contributed by atoms with van der Waals surface area (Å²) in [7, 11) is 0. The van der Waals surface area contributed by atoms with Gasteiger partial charge < -0.3 is 10.4 Å². The Labute approximate surface area is 106 Å². The second-order valence-corrected chi connectivity index (χ2v) is 5.37. The van der Waals surface area contributed by atoms with Crippen LogP contribution in [0, 0.1) is 0 Å². The Hall–Kier alpha value is -1.00. The molecule has 2 N–H and O–H groups in total. The van der Waals surface area contributed by atoms with Crippen LogP contribution in [-0.2, 0) is 0 Å². The molecule has 3 nitrogen and oxygen atoms in total. The van der Waals surface area contributed by atoms with Crippen LogP contribution in [0.3, 0.4) is 0 Å². The third-order valence-electron chi connectivity index (χ3n) is 3.21. The van der Waals surface area contributed by atoms with Gasteiger partial charge in [0.25, 0.3) is 5.91 Å². The summed E-state index contributed by atoms with van der Waals surface area (Å²) in [6, 6.07) is 7.48. The zero-order valence-electron chi connectivity index (χ0n) is 9.90. The van der Waals surface area contributed by atoms with Gasteiger partial charge in [0.15, 0.2) is 0 Å². The normalized spacial score (nSPS) is 17.3. The van der Waals surface area contributed by atoms with Crippen molar-refractivity contribution in [3.8, 4) is 0 Å². The second kappa shape index (κ2) is 5.10. The SMILES string of the molecule is CSc1ccc(C(=O)NCC2(O)CCC2)cc1. The molecule has 1 aromatic carbocycles. The molecule has 1 amide bonds. The molecule has 1 fully saturated rings. The van der Waals surface area contributed by atoms with E-state index < -0.39 is 5.60 Å². The minimum Gasteiger partial charge on any atom is -0.388 e. The highest BCUT2D eigenvalue weighted by atomic mass is 32.2. The molecular formula is C13H17NO2S. The van der Waals surface area contributed by atoms with Crippen molar-refractivity contribution >= 4 is 17.7 Å². The summed E-state index contributed by atoms with van der Waals surface area (Å²) in [5, 5.41) is 12.7. The van der Waals surface area contributed by atoms with Crippen LogP contribution in [-0.4, -0.2) is 29.4 Å². The van der Waals surface area contributed by atoms with Crippen LogP contribution in [0.2, 0.25) is 0 Å². The molecule has 0 heterocycles. The Bertz CT molecular complexity index is 398. The number of thioether (sulfide) groups is 1. The van der Waals surface area contributed by atoms with E-state index in [0.29, 0.717) is 12.1 Å². The summed E-state index contributed by atoms with van der Waals surface area (Å²) in [4.78, 5) is 12.9. The van der Waals surface area contributed by atoms with Crippen molar-refractivity contribution in [2.75, 3.05) is 12.8 Å². The van der Waals surface area contributed by atoms with E-state index in [1.165, 1.54) is 0 Å². The minimum absolute atomic E-state index is 0.113. The summed E-state index contributed by atoms with van der Waals surface area (Å²) in [5.41, 5.74) is -0.0137. The van der Waals surface area contributed by atoms with Gasteiger partial charge in [0, 0.05) is 17.0 Å². The van der Waals surface area contributed by atoms with Crippen LogP contribution in [0.25, 0.3) is 0 Å². The van der Waals surface area contributed by atoms with Gasteiger partial charge in [-0.05, 0) is 49.8 Å². The first-order valence-corrected chi connectivity index (χ1v) is 7.00. The molecule has 0 bridgehead atoms. The van der Waals surface area contributed by atoms with E-state index in [4.69, 9.17) is 0 Å². The molecule has 1 saturated carbocycles. The molecule has 0 atom stereocenters. The van der Waals surface area contributed by atoms with Gasteiger partial charge in [-0.2, -0.15) is 0 Å². The van der Waals surface area contributed by atoms with Gasteiger partial charge in [-0.3, -0.25) is 4.79 Å². The summed E-state index contributed by atoms with van der Waals surface area (Å²) in [5.74, 6) is -0.113. The maximum Gasteiger partial charge on any atom is 0.251 e. The number of aliphatic hydroxyl groups is 1. The first kappa shape index (κ1) is 12.5. The molecule has 2 rings (SSSR count). The molecule has 0 aromatic heterocycles. The number of rotatable bonds is 4. The quantitative estimate of drug-likeness (QED) is 0.805. The molecule has 1 aliphatic rings. The van der Waals surface area contributed by atoms with Gasteiger partial charge in [-0.1, -0.05) is 0 Å². The number of nitrogens with one attached hydrogen (secondary N) is 1. The van der Waals surface area contributed by atoms with E-state index in [9.17, 15) is 9.90 Å². The number of carbonyl (C=O) groups is 1. The lowest BCUT2D eigenvalue weighted by atomic mass is 9.80. The van der Waals surface area contributed by atoms with Crippen molar-refractivity contribution in [2.45, 2.75) is 29.8 Å². The zero-order chi connectivity index (χ0) is 12.3. The van der Waals surface area contributed by atoms with Crippen LogP contribution in [0.5, 0.6) is 0 Å². The average Bonchev–Trinajstić information content (AvgIpc) is 2.33.